The molecule has 0 amide bonds. The van der Waals surface area contributed by atoms with Crippen LogP contribution in [0.1, 0.15) is 99.0 Å². The molecular formula is C34H40N6. The molecular weight excluding hydrogens is 492 g/mol. The average Bonchev–Trinajstić information content (AvgIpc) is 3.60. The first-order valence-electron chi connectivity index (χ1n) is 14.5. The van der Waals surface area contributed by atoms with E-state index in [2.05, 4.69) is 112 Å². The standard InChI is InChI=1S/C34H40N6/c1-19(2)25-13-28-31(10-22(25)7)38(16-35-28)34(39-17-36-29-14-26(20(3)4)23(8)11-32(29)39)40-18-37-30-15-27(21(5)6)24(9)12-33(30)40/h10-21,34H,1-9H3. The van der Waals surface area contributed by atoms with E-state index < -0.39 is 0 Å². The highest BCUT2D eigenvalue weighted by Gasteiger charge is 2.24. The van der Waals surface area contributed by atoms with E-state index in [0.717, 1.165) is 33.1 Å². The van der Waals surface area contributed by atoms with Crippen LogP contribution in [-0.2, 0) is 0 Å². The van der Waals surface area contributed by atoms with Crippen LogP contribution in [0.4, 0.5) is 0 Å². The van der Waals surface area contributed by atoms with Crippen molar-refractivity contribution in [3.8, 4) is 0 Å². The Kier molecular flexibility index (Phi) is 6.32. The van der Waals surface area contributed by atoms with E-state index in [-0.39, 0.29) is 6.29 Å². The van der Waals surface area contributed by atoms with Crippen molar-refractivity contribution in [2.45, 2.75) is 86.4 Å². The molecule has 6 rings (SSSR count). The number of hydrogen-bond donors (Lipinski definition) is 0. The van der Waals surface area contributed by atoms with E-state index >= 15 is 0 Å². The summed E-state index contributed by atoms with van der Waals surface area (Å²) in [5, 5.41) is 0. The fourth-order valence-corrected chi connectivity index (χ4v) is 6.40. The smallest absolute Gasteiger partial charge is 0.196 e. The van der Waals surface area contributed by atoms with Crippen LogP contribution >= 0.6 is 0 Å². The number of imidazole rings is 3. The maximum Gasteiger partial charge on any atom is 0.196 e. The Morgan fingerprint density at radius 3 is 0.975 bits per heavy atom. The first kappa shape index (κ1) is 26.3. The molecule has 0 saturated carbocycles. The Bertz CT molecular complexity index is 1660. The lowest BCUT2D eigenvalue weighted by Crippen LogP contribution is -2.24. The van der Waals surface area contributed by atoms with E-state index in [1.54, 1.807) is 0 Å². The number of fused-ring (bicyclic) bond motifs is 3. The second-order valence-electron chi connectivity index (χ2n) is 12.4. The summed E-state index contributed by atoms with van der Waals surface area (Å²) in [5.74, 6) is 1.32. The highest BCUT2D eigenvalue weighted by atomic mass is 15.4. The minimum absolute atomic E-state index is 0.266. The van der Waals surface area contributed by atoms with Crippen LogP contribution in [0.3, 0.4) is 0 Å². The number of benzene rings is 3. The lowest BCUT2D eigenvalue weighted by atomic mass is 9.97. The Hall–Kier alpha value is -3.93. The molecule has 206 valence electrons. The van der Waals surface area contributed by atoms with Crippen molar-refractivity contribution in [3.63, 3.8) is 0 Å². The van der Waals surface area contributed by atoms with Crippen LogP contribution in [0.15, 0.2) is 55.4 Å². The summed E-state index contributed by atoms with van der Waals surface area (Å²) < 4.78 is 6.81. The molecule has 3 aromatic carbocycles. The summed E-state index contributed by atoms with van der Waals surface area (Å²) in [6.07, 6.45) is 5.65. The fraction of sp³-hybridized carbons (Fsp3) is 0.382. The van der Waals surface area contributed by atoms with Gasteiger partial charge in [-0.2, -0.15) is 0 Å². The van der Waals surface area contributed by atoms with Crippen LogP contribution < -0.4 is 0 Å². The van der Waals surface area contributed by atoms with Crippen LogP contribution in [0.2, 0.25) is 0 Å². The summed E-state index contributed by atoms with van der Waals surface area (Å²) in [5.41, 5.74) is 14.2. The van der Waals surface area contributed by atoms with Gasteiger partial charge >= 0.3 is 0 Å². The molecule has 0 N–H and O–H groups in total. The zero-order chi connectivity index (χ0) is 28.5. The molecule has 6 nitrogen and oxygen atoms in total. The van der Waals surface area contributed by atoms with Crippen LogP contribution in [0.25, 0.3) is 33.1 Å². The fourth-order valence-electron chi connectivity index (χ4n) is 6.40. The van der Waals surface area contributed by atoms with Gasteiger partial charge in [0.15, 0.2) is 6.29 Å². The molecule has 0 aliphatic carbocycles. The van der Waals surface area contributed by atoms with Crippen LogP contribution in [0, 0.1) is 20.8 Å². The zero-order valence-corrected chi connectivity index (χ0v) is 25.2. The summed E-state index contributed by atoms with van der Waals surface area (Å²) >= 11 is 0. The third-order valence-electron chi connectivity index (χ3n) is 8.50. The van der Waals surface area contributed by atoms with Gasteiger partial charge in [0.05, 0.1) is 52.1 Å². The largest absolute Gasteiger partial charge is 0.291 e. The molecule has 40 heavy (non-hydrogen) atoms. The van der Waals surface area contributed by atoms with Gasteiger partial charge in [-0.15, -0.1) is 0 Å². The minimum Gasteiger partial charge on any atom is -0.291 e. The van der Waals surface area contributed by atoms with E-state index in [1.807, 2.05) is 19.0 Å². The monoisotopic (exact) mass is 532 g/mol. The number of rotatable bonds is 6. The van der Waals surface area contributed by atoms with Gasteiger partial charge in [0.25, 0.3) is 0 Å². The second-order valence-corrected chi connectivity index (χ2v) is 12.4. The highest BCUT2D eigenvalue weighted by Crippen LogP contribution is 2.33. The third-order valence-corrected chi connectivity index (χ3v) is 8.50. The quantitative estimate of drug-likeness (QED) is 0.216. The van der Waals surface area contributed by atoms with E-state index in [4.69, 9.17) is 15.0 Å². The molecule has 0 spiro atoms. The van der Waals surface area contributed by atoms with Crippen LogP contribution in [-0.4, -0.2) is 28.7 Å². The molecule has 0 aliphatic rings. The van der Waals surface area contributed by atoms with Crippen molar-refractivity contribution >= 4 is 33.1 Å². The van der Waals surface area contributed by atoms with Gasteiger partial charge in [-0.25, -0.2) is 15.0 Å². The first-order chi connectivity index (χ1) is 19.0. The molecule has 6 aromatic rings. The Labute approximate surface area is 236 Å². The summed E-state index contributed by atoms with van der Waals surface area (Å²) in [4.78, 5) is 14.7. The van der Waals surface area contributed by atoms with Crippen molar-refractivity contribution in [2.24, 2.45) is 0 Å². The zero-order valence-electron chi connectivity index (χ0n) is 25.2. The Morgan fingerprint density at radius 2 is 0.725 bits per heavy atom. The van der Waals surface area contributed by atoms with Crippen molar-refractivity contribution in [3.05, 3.63) is 88.8 Å². The predicted molar refractivity (Wildman–Crippen MR) is 166 cm³/mol. The van der Waals surface area contributed by atoms with E-state index in [1.165, 1.54) is 33.4 Å². The molecule has 0 atom stereocenters. The van der Waals surface area contributed by atoms with Crippen molar-refractivity contribution < 1.29 is 0 Å². The van der Waals surface area contributed by atoms with Gasteiger partial charge in [-0.05, 0) is 108 Å². The lowest BCUT2D eigenvalue weighted by molar-refractivity contribution is 0.394. The molecule has 0 aliphatic heterocycles. The van der Waals surface area contributed by atoms with Crippen molar-refractivity contribution in [1.29, 1.82) is 0 Å². The van der Waals surface area contributed by atoms with E-state index in [0.29, 0.717) is 17.8 Å². The predicted octanol–water partition coefficient (Wildman–Crippen LogP) is 8.58. The Balaban J connectivity index is 1.65. The van der Waals surface area contributed by atoms with Gasteiger partial charge in [-0.1, -0.05) is 41.5 Å². The van der Waals surface area contributed by atoms with Crippen molar-refractivity contribution in [2.75, 3.05) is 0 Å². The molecule has 6 heteroatoms. The lowest BCUT2D eigenvalue weighted by Gasteiger charge is -2.25. The number of aromatic nitrogens is 6. The topological polar surface area (TPSA) is 53.5 Å². The molecule has 0 saturated heterocycles. The number of nitrogens with zero attached hydrogens (tertiary/aromatic N) is 6. The maximum absolute atomic E-state index is 4.91. The van der Waals surface area contributed by atoms with Gasteiger partial charge < -0.3 is 0 Å². The van der Waals surface area contributed by atoms with Crippen LogP contribution in [0.5, 0.6) is 0 Å². The highest BCUT2D eigenvalue weighted by molar-refractivity contribution is 5.81. The van der Waals surface area contributed by atoms with Gasteiger partial charge in [0.1, 0.15) is 0 Å². The first-order valence-corrected chi connectivity index (χ1v) is 14.5. The molecule has 0 unspecified atom stereocenters. The van der Waals surface area contributed by atoms with Gasteiger partial charge in [-0.3, -0.25) is 13.7 Å². The second kappa shape index (κ2) is 9.61. The molecule has 0 fully saturated rings. The molecule has 3 heterocycles. The number of hydrogen-bond acceptors (Lipinski definition) is 3. The normalized spacial score (nSPS) is 12.5. The summed E-state index contributed by atoms with van der Waals surface area (Å²) in [7, 11) is 0. The summed E-state index contributed by atoms with van der Waals surface area (Å²) in [6.45, 7) is 20.1. The average molecular weight is 533 g/mol. The van der Waals surface area contributed by atoms with E-state index in [9.17, 15) is 0 Å². The minimum atomic E-state index is -0.266. The SMILES string of the molecule is Cc1cc2c(cc1C(C)C)ncn2C(n1cnc2cc(C(C)C)c(C)cc21)n1cnc2cc(C(C)C)c(C)cc21. The van der Waals surface area contributed by atoms with Gasteiger partial charge in [0.2, 0.25) is 0 Å². The maximum atomic E-state index is 4.91. The molecule has 3 aromatic heterocycles. The molecule has 0 bridgehead atoms. The Morgan fingerprint density at radius 1 is 0.450 bits per heavy atom. The number of aryl methyl sites for hydroxylation is 3. The van der Waals surface area contributed by atoms with Crippen molar-refractivity contribution in [1.82, 2.24) is 28.7 Å². The molecule has 0 radical (unpaired) electrons. The van der Waals surface area contributed by atoms with Gasteiger partial charge in [0, 0.05) is 0 Å². The third kappa shape index (κ3) is 4.12. The summed E-state index contributed by atoms with van der Waals surface area (Å²) in [6, 6.07) is 13.6.